The lowest BCUT2D eigenvalue weighted by molar-refractivity contribution is -0.384. The zero-order valence-electron chi connectivity index (χ0n) is 21.1. The molecule has 2 aromatic carbocycles. The Bertz CT molecular complexity index is 1520. The molecule has 0 spiro atoms. The molecule has 0 radical (unpaired) electrons. The number of halogens is 1. The van der Waals surface area contributed by atoms with Gasteiger partial charge in [-0.1, -0.05) is 23.7 Å². The van der Waals surface area contributed by atoms with Crippen molar-refractivity contribution in [3.63, 3.8) is 0 Å². The highest BCUT2D eigenvalue weighted by molar-refractivity contribution is 7.90. The highest BCUT2D eigenvalue weighted by Crippen LogP contribution is 2.60. The number of nitrogens with zero attached hydrogens (tertiary/aromatic N) is 1. The molecular formula is C28H28ClN3O5S2. The molecule has 4 aliphatic rings. The van der Waals surface area contributed by atoms with Crippen molar-refractivity contribution < 1.29 is 18.1 Å². The summed E-state index contributed by atoms with van der Waals surface area (Å²) >= 11 is 7.56. The predicted molar refractivity (Wildman–Crippen MR) is 152 cm³/mol. The van der Waals surface area contributed by atoms with E-state index in [2.05, 4.69) is 5.32 Å². The van der Waals surface area contributed by atoms with Crippen molar-refractivity contribution in [3.8, 4) is 11.1 Å². The monoisotopic (exact) mass is 585 g/mol. The lowest BCUT2D eigenvalue weighted by atomic mass is 9.49. The molecule has 2 N–H and O–H groups in total. The van der Waals surface area contributed by atoms with Crippen molar-refractivity contribution in [1.82, 2.24) is 4.72 Å². The third-order valence-corrected chi connectivity index (χ3v) is 11.1. The number of hydrogen-bond donors (Lipinski definition) is 2. The van der Waals surface area contributed by atoms with Crippen LogP contribution in [0.3, 0.4) is 0 Å². The molecule has 0 atom stereocenters. The summed E-state index contributed by atoms with van der Waals surface area (Å²) in [5.41, 5.74) is 1.89. The number of carbonyl (C=O) groups is 1. The largest absolute Gasteiger partial charge is 0.379 e. The Hall–Kier alpha value is -2.95. The predicted octanol–water partition coefficient (Wildman–Crippen LogP) is 6.72. The Kier molecular flexibility index (Phi) is 6.68. The van der Waals surface area contributed by atoms with Gasteiger partial charge in [-0.25, -0.2) is 13.1 Å². The topological polar surface area (TPSA) is 118 Å². The highest BCUT2D eigenvalue weighted by Gasteiger charge is 2.50. The lowest BCUT2D eigenvalue weighted by Crippen LogP contribution is -2.49. The minimum Gasteiger partial charge on any atom is -0.379 e. The van der Waals surface area contributed by atoms with Gasteiger partial charge in [-0.2, -0.15) is 0 Å². The fraction of sp³-hybridized carbons (Fsp3) is 0.393. The van der Waals surface area contributed by atoms with Gasteiger partial charge in [-0.15, -0.1) is 11.3 Å². The molecule has 7 rings (SSSR count). The highest BCUT2D eigenvalue weighted by atomic mass is 35.5. The molecule has 1 amide bonds. The Balaban J connectivity index is 1.17. The first kappa shape index (κ1) is 26.3. The summed E-state index contributed by atoms with van der Waals surface area (Å²) in [4.78, 5) is 23.7. The minimum absolute atomic E-state index is 0.136. The first-order valence-electron chi connectivity index (χ1n) is 13.0. The zero-order valence-corrected chi connectivity index (χ0v) is 23.4. The van der Waals surface area contributed by atoms with E-state index < -0.39 is 20.9 Å². The summed E-state index contributed by atoms with van der Waals surface area (Å²) in [5.74, 6) is 1.45. The molecular weight excluding hydrogens is 558 g/mol. The first-order valence-corrected chi connectivity index (χ1v) is 15.8. The molecule has 1 aromatic heterocycles. The second-order valence-electron chi connectivity index (χ2n) is 11.3. The molecule has 1 heterocycles. The van der Waals surface area contributed by atoms with Crippen LogP contribution in [-0.4, -0.2) is 25.8 Å². The van der Waals surface area contributed by atoms with E-state index in [4.69, 9.17) is 11.6 Å². The number of carbonyl (C=O) groups excluding carboxylic acids is 1. The number of sulfonamides is 1. The second kappa shape index (κ2) is 9.91. The second-order valence-corrected chi connectivity index (χ2v) is 14.5. The maximum atomic E-state index is 13.0. The van der Waals surface area contributed by atoms with Gasteiger partial charge in [0.2, 0.25) is 0 Å². The van der Waals surface area contributed by atoms with Crippen LogP contribution >= 0.6 is 22.9 Å². The van der Waals surface area contributed by atoms with E-state index in [-0.39, 0.29) is 21.6 Å². The van der Waals surface area contributed by atoms with E-state index in [1.807, 2.05) is 16.2 Å². The van der Waals surface area contributed by atoms with Gasteiger partial charge < -0.3 is 5.32 Å². The molecule has 4 aliphatic carbocycles. The van der Waals surface area contributed by atoms with Gasteiger partial charge in [0.1, 0.15) is 10.0 Å². The van der Waals surface area contributed by atoms with Crippen LogP contribution < -0.4 is 10.0 Å². The fourth-order valence-corrected chi connectivity index (χ4v) is 9.27. The van der Waals surface area contributed by atoms with Crippen LogP contribution in [0.25, 0.3) is 11.1 Å². The lowest BCUT2D eigenvalue weighted by Gasteiger charge is -2.57. The van der Waals surface area contributed by atoms with E-state index >= 15 is 0 Å². The normalized spacial score (nSPS) is 25.4. The maximum absolute atomic E-state index is 13.0. The van der Waals surface area contributed by atoms with Gasteiger partial charge in [0, 0.05) is 23.7 Å². The van der Waals surface area contributed by atoms with Crippen LogP contribution in [0.1, 0.15) is 48.9 Å². The molecule has 0 unspecified atom stereocenters. The van der Waals surface area contributed by atoms with E-state index in [1.165, 1.54) is 54.9 Å². The molecule has 0 saturated heterocycles. The first-order chi connectivity index (χ1) is 18.6. The molecule has 204 valence electrons. The summed E-state index contributed by atoms with van der Waals surface area (Å²) in [5, 5.41) is 17.0. The quantitative estimate of drug-likeness (QED) is 0.224. The smallest absolute Gasteiger partial charge is 0.293 e. The van der Waals surface area contributed by atoms with Gasteiger partial charge in [-0.3, -0.25) is 14.9 Å². The summed E-state index contributed by atoms with van der Waals surface area (Å²) in [6, 6.07) is 12.0. The number of amides is 1. The molecule has 11 heteroatoms. The summed E-state index contributed by atoms with van der Waals surface area (Å²) in [6.45, 7) is 0.646. The van der Waals surface area contributed by atoms with Gasteiger partial charge in [0.05, 0.1) is 9.82 Å². The molecule has 4 fully saturated rings. The van der Waals surface area contributed by atoms with Crippen LogP contribution in [0.4, 0.5) is 11.4 Å². The molecule has 8 nitrogen and oxygen atoms in total. The number of nitro benzene ring substituents is 1. The van der Waals surface area contributed by atoms with Crippen molar-refractivity contribution in [3.05, 3.63) is 73.9 Å². The Morgan fingerprint density at radius 2 is 1.67 bits per heavy atom. The molecule has 4 bridgehead atoms. The van der Waals surface area contributed by atoms with Crippen LogP contribution in [0.15, 0.2) is 58.8 Å². The fourth-order valence-electron chi connectivity index (χ4n) is 7.31. The Morgan fingerprint density at radius 3 is 2.23 bits per heavy atom. The van der Waals surface area contributed by atoms with Gasteiger partial charge in [0.15, 0.2) is 0 Å². The van der Waals surface area contributed by atoms with E-state index in [1.54, 1.807) is 12.1 Å². The molecule has 39 heavy (non-hydrogen) atoms. The summed E-state index contributed by atoms with van der Waals surface area (Å²) in [7, 11) is -4.34. The average Bonchev–Trinajstić information content (AvgIpc) is 3.32. The van der Waals surface area contributed by atoms with Crippen molar-refractivity contribution in [2.45, 2.75) is 43.4 Å². The third kappa shape index (κ3) is 5.17. The molecule has 3 aromatic rings. The van der Waals surface area contributed by atoms with E-state index in [0.29, 0.717) is 16.6 Å². The van der Waals surface area contributed by atoms with Crippen LogP contribution in [-0.2, 0) is 10.0 Å². The third-order valence-electron chi connectivity index (χ3n) is 8.60. The number of benzene rings is 2. The van der Waals surface area contributed by atoms with Crippen molar-refractivity contribution in [2.75, 3.05) is 11.9 Å². The van der Waals surface area contributed by atoms with Gasteiger partial charge in [-0.05, 0) is 103 Å². The number of anilines is 1. The molecule has 4 saturated carbocycles. The summed E-state index contributed by atoms with van der Waals surface area (Å²) in [6.07, 6.45) is 7.39. The van der Waals surface area contributed by atoms with Crippen LogP contribution in [0.5, 0.6) is 0 Å². The van der Waals surface area contributed by atoms with Crippen molar-refractivity contribution in [1.29, 1.82) is 0 Å². The van der Waals surface area contributed by atoms with Crippen molar-refractivity contribution in [2.24, 2.45) is 23.2 Å². The minimum atomic E-state index is -4.34. The standard InChI is InChI=1S/C28H28ClN3O5S2/c29-26-23(7-8-38-26)20-1-3-21(4-2-20)27(33)31-39(36,37)22-5-6-24(25(12-22)32(34)35)30-16-28-13-17-9-18(14-28)11-19(10-17)15-28/h1-8,12,17-19,30H,9-11,13-16H2,(H,31,33). The van der Waals surface area contributed by atoms with Crippen LogP contribution in [0, 0.1) is 33.3 Å². The maximum Gasteiger partial charge on any atom is 0.293 e. The Labute approximate surface area is 236 Å². The summed E-state index contributed by atoms with van der Waals surface area (Å²) < 4.78 is 28.6. The number of nitrogens with one attached hydrogen (secondary N) is 2. The Morgan fingerprint density at radius 1 is 1.03 bits per heavy atom. The zero-order chi connectivity index (χ0) is 27.4. The number of rotatable bonds is 8. The van der Waals surface area contributed by atoms with Gasteiger partial charge in [0.25, 0.3) is 21.6 Å². The average molecular weight is 586 g/mol. The van der Waals surface area contributed by atoms with Crippen LogP contribution in [0.2, 0.25) is 4.34 Å². The number of nitro groups is 1. The number of hydrogen-bond acceptors (Lipinski definition) is 7. The van der Waals surface area contributed by atoms with E-state index in [0.717, 1.165) is 54.2 Å². The van der Waals surface area contributed by atoms with Crippen molar-refractivity contribution >= 4 is 50.2 Å². The van der Waals surface area contributed by atoms with E-state index in [9.17, 15) is 23.3 Å². The SMILES string of the molecule is O=C(NS(=O)(=O)c1ccc(NCC23CC4CC(CC(C4)C2)C3)c([N+](=O)[O-])c1)c1ccc(-c2ccsc2Cl)cc1. The number of thiophene rings is 1. The molecule has 0 aliphatic heterocycles. The van der Waals surface area contributed by atoms with Gasteiger partial charge >= 0.3 is 0 Å².